The van der Waals surface area contributed by atoms with Crippen LogP contribution >= 0.6 is 0 Å². The minimum Gasteiger partial charge on any atom is -0.461 e. The van der Waals surface area contributed by atoms with Crippen LogP contribution in [0.3, 0.4) is 0 Å². The zero-order valence-electron chi connectivity index (χ0n) is 14.5. The molecule has 27 heavy (non-hydrogen) atoms. The molecule has 0 radical (unpaired) electrons. The summed E-state index contributed by atoms with van der Waals surface area (Å²) in [5, 5.41) is 40.7. The van der Waals surface area contributed by atoms with Crippen molar-refractivity contribution in [3.8, 4) is 0 Å². The van der Waals surface area contributed by atoms with Gasteiger partial charge in [0, 0.05) is 0 Å². The fourth-order valence-electron chi connectivity index (χ4n) is 2.13. The number of hydrogen-bond donors (Lipinski definition) is 8. The maximum absolute atomic E-state index is 12.4. The van der Waals surface area contributed by atoms with E-state index >= 15 is 0 Å². The molecule has 1 aliphatic rings. The maximum atomic E-state index is 12.4. The lowest BCUT2D eigenvalue weighted by Gasteiger charge is -2.19. The molecule has 0 aliphatic carbocycles. The van der Waals surface area contributed by atoms with Gasteiger partial charge in [0.1, 0.15) is 24.0 Å². The van der Waals surface area contributed by atoms with Crippen LogP contribution in [0.15, 0.2) is 11.4 Å². The average Bonchev–Trinajstić information content (AvgIpc) is 2.88. The molecule has 2 amide bonds. The Bertz CT molecular complexity index is 637. The van der Waals surface area contributed by atoms with E-state index in [-0.39, 0.29) is 6.61 Å². The summed E-state index contributed by atoms with van der Waals surface area (Å²) in [4.78, 5) is 35.0. The van der Waals surface area contributed by atoms with Gasteiger partial charge in [0.15, 0.2) is 11.9 Å². The lowest BCUT2D eigenvalue weighted by atomic mass is 10.1. The van der Waals surface area contributed by atoms with Crippen LogP contribution in [0.5, 0.6) is 0 Å². The summed E-state index contributed by atoms with van der Waals surface area (Å²) in [5.74, 6) is -3.02. The topological polar surface area (TPSA) is 230 Å². The summed E-state index contributed by atoms with van der Waals surface area (Å²) in [6.07, 6.45) is -5.57. The quantitative estimate of drug-likeness (QED) is 0.107. The van der Waals surface area contributed by atoms with Crippen molar-refractivity contribution in [1.82, 2.24) is 10.6 Å². The van der Waals surface area contributed by atoms with Crippen LogP contribution in [-0.4, -0.2) is 83.1 Å². The number of primary amides is 1. The Kier molecular flexibility index (Phi) is 8.11. The highest BCUT2D eigenvalue weighted by molar-refractivity contribution is 6.42. The molecule has 0 spiro atoms. The van der Waals surface area contributed by atoms with Crippen LogP contribution < -0.4 is 22.1 Å². The molecule has 1 saturated heterocycles. The summed E-state index contributed by atoms with van der Waals surface area (Å²) in [7, 11) is 0. The summed E-state index contributed by atoms with van der Waals surface area (Å²) in [6, 6.07) is 0. The van der Waals surface area contributed by atoms with Crippen molar-refractivity contribution < 1.29 is 39.2 Å². The molecule has 0 aromatic carbocycles. The summed E-state index contributed by atoms with van der Waals surface area (Å²) in [5.41, 5.74) is 8.60. The van der Waals surface area contributed by atoms with Crippen LogP contribution in [0.1, 0.15) is 6.92 Å². The fraction of sp³-hybridized carbons (Fsp3) is 0.571. The molecule has 0 aromatic rings. The zero-order valence-corrected chi connectivity index (χ0v) is 14.5. The molecular weight excluding hydrogens is 366 g/mol. The Hall–Kier alpha value is -2.74. The van der Waals surface area contributed by atoms with Gasteiger partial charge in [-0.1, -0.05) is 0 Å². The zero-order chi connectivity index (χ0) is 20.7. The molecule has 4 atom stereocenters. The van der Waals surface area contributed by atoms with E-state index < -0.39 is 72.6 Å². The summed E-state index contributed by atoms with van der Waals surface area (Å²) < 4.78 is 9.72. The number of esters is 1. The lowest BCUT2D eigenvalue weighted by molar-refractivity contribution is -0.135. The van der Waals surface area contributed by atoms with Crippen LogP contribution in [0.2, 0.25) is 0 Å². The molecule has 10 N–H and O–H groups in total. The van der Waals surface area contributed by atoms with Gasteiger partial charge in [-0.3, -0.25) is 15.0 Å². The van der Waals surface area contributed by atoms with Crippen molar-refractivity contribution in [3.63, 3.8) is 0 Å². The number of nitrogens with one attached hydrogen (secondary N) is 3. The average molecular weight is 389 g/mol. The molecular formula is C14H23N5O8. The van der Waals surface area contributed by atoms with Gasteiger partial charge >= 0.3 is 5.97 Å². The van der Waals surface area contributed by atoms with Crippen molar-refractivity contribution in [3.05, 3.63) is 11.4 Å². The van der Waals surface area contributed by atoms with E-state index in [9.17, 15) is 24.6 Å². The maximum Gasteiger partial charge on any atom is 0.358 e. The van der Waals surface area contributed by atoms with E-state index in [1.807, 2.05) is 0 Å². The van der Waals surface area contributed by atoms with Gasteiger partial charge in [-0.15, -0.1) is 0 Å². The van der Waals surface area contributed by atoms with Crippen LogP contribution in [0.4, 0.5) is 0 Å². The number of nitrogens with two attached hydrogens (primary N) is 2. The first-order valence-corrected chi connectivity index (χ1v) is 7.85. The molecule has 0 saturated carbocycles. The van der Waals surface area contributed by atoms with E-state index in [0.717, 1.165) is 0 Å². The second kappa shape index (κ2) is 9.82. The normalized spacial score (nSPS) is 25.3. The summed E-state index contributed by atoms with van der Waals surface area (Å²) in [6.45, 7) is 0.317. The highest BCUT2D eigenvalue weighted by Gasteiger charge is 2.43. The van der Waals surface area contributed by atoms with Gasteiger partial charge in [-0.05, 0) is 6.92 Å². The van der Waals surface area contributed by atoms with Crippen molar-refractivity contribution in [2.75, 3.05) is 19.8 Å². The Morgan fingerprint density at radius 2 is 1.85 bits per heavy atom. The third-order valence-electron chi connectivity index (χ3n) is 3.50. The van der Waals surface area contributed by atoms with E-state index in [4.69, 9.17) is 26.7 Å². The molecule has 1 heterocycles. The molecule has 13 nitrogen and oxygen atoms in total. The second-order valence-electron chi connectivity index (χ2n) is 5.44. The number of amides is 2. The number of hydrogen-bond acceptors (Lipinski definition) is 11. The number of ether oxygens (including phenoxy) is 2. The third-order valence-corrected chi connectivity index (χ3v) is 3.50. The number of carbonyl (C=O) groups is 3. The Balaban J connectivity index is 3.03. The predicted molar refractivity (Wildman–Crippen MR) is 88.7 cm³/mol. The van der Waals surface area contributed by atoms with Crippen LogP contribution in [0, 0.1) is 5.41 Å². The van der Waals surface area contributed by atoms with Gasteiger partial charge in [-0.25, -0.2) is 4.79 Å². The summed E-state index contributed by atoms with van der Waals surface area (Å²) >= 11 is 0. The lowest BCUT2D eigenvalue weighted by Crippen LogP contribution is -2.47. The number of aliphatic hydroxyl groups is 3. The van der Waals surface area contributed by atoms with Gasteiger partial charge in [0.2, 0.25) is 5.91 Å². The third kappa shape index (κ3) is 5.62. The van der Waals surface area contributed by atoms with Gasteiger partial charge < -0.3 is 46.9 Å². The highest BCUT2D eigenvalue weighted by atomic mass is 16.6. The van der Waals surface area contributed by atoms with E-state index in [2.05, 4.69) is 15.4 Å². The first-order valence-electron chi connectivity index (χ1n) is 7.85. The number of rotatable bonds is 9. The van der Waals surface area contributed by atoms with Gasteiger partial charge in [-0.2, -0.15) is 0 Å². The molecule has 152 valence electrons. The van der Waals surface area contributed by atoms with E-state index in [1.165, 1.54) is 6.92 Å². The second-order valence-corrected chi connectivity index (χ2v) is 5.44. The largest absolute Gasteiger partial charge is 0.461 e. The molecule has 0 aromatic heterocycles. The van der Waals surface area contributed by atoms with E-state index in [1.54, 1.807) is 0 Å². The highest BCUT2D eigenvalue weighted by Crippen LogP contribution is 2.19. The van der Waals surface area contributed by atoms with Gasteiger partial charge in [0.25, 0.3) is 5.91 Å². The smallest absolute Gasteiger partial charge is 0.358 e. The molecule has 1 aliphatic heterocycles. The SMILES string of the molecule is CCOC(=O)C(=N)/C(N)=C(\NCC(N)=O)C(=O)NC1OC(CO)C(O)C1O. The van der Waals surface area contributed by atoms with Gasteiger partial charge in [0.05, 0.1) is 25.5 Å². The minimum atomic E-state index is -1.56. The van der Waals surface area contributed by atoms with Crippen molar-refractivity contribution in [2.45, 2.75) is 31.5 Å². The standard InChI is InChI=1S/C14H23N5O8/c1-2-26-14(25)8(17)7(16)9(18-3-6(15)21)12(24)19-13-11(23)10(22)5(4-20)27-13/h5,10-11,13,17-18,20,22-23H,2-4,16H2,1H3,(H2,15,21)(H,19,24)/b9-7+,17-8?. The molecule has 0 bridgehead atoms. The number of aliphatic hydroxyl groups excluding tert-OH is 3. The first-order chi connectivity index (χ1) is 12.6. The van der Waals surface area contributed by atoms with Crippen LogP contribution in [0.25, 0.3) is 0 Å². The molecule has 4 unspecified atom stereocenters. The van der Waals surface area contributed by atoms with Crippen molar-refractivity contribution >= 4 is 23.5 Å². The predicted octanol–water partition coefficient (Wildman–Crippen LogP) is -4.63. The first kappa shape index (κ1) is 22.3. The molecule has 1 fully saturated rings. The molecule has 1 rings (SSSR count). The monoisotopic (exact) mass is 389 g/mol. The number of carbonyl (C=O) groups excluding carboxylic acids is 3. The Morgan fingerprint density at radius 1 is 1.22 bits per heavy atom. The van der Waals surface area contributed by atoms with Crippen LogP contribution in [-0.2, 0) is 23.9 Å². The van der Waals surface area contributed by atoms with E-state index in [0.29, 0.717) is 0 Å². The Labute approximate surface area is 153 Å². The minimum absolute atomic E-state index is 0.0344. The molecule has 13 heteroatoms. The Morgan fingerprint density at radius 3 is 2.33 bits per heavy atom. The van der Waals surface area contributed by atoms with Crippen molar-refractivity contribution in [1.29, 1.82) is 5.41 Å². The van der Waals surface area contributed by atoms with Crippen molar-refractivity contribution in [2.24, 2.45) is 11.5 Å². The fourth-order valence-corrected chi connectivity index (χ4v) is 2.13.